The maximum atomic E-state index is 11.9. The summed E-state index contributed by atoms with van der Waals surface area (Å²) in [7, 11) is 0. The first-order valence-corrected chi connectivity index (χ1v) is 14.3. The lowest BCUT2D eigenvalue weighted by molar-refractivity contribution is -0.935. The molecule has 0 heterocycles. The highest BCUT2D eigenvalue weighted by molar-refractivity contribution is 5.71. The third-order valence-electron chi connectivity index (χ3n) is 7.49. The van der Waals surface area contributed by atoms with E-state index in [0.717, 1.165) is 44.9 Å². The summed E-state index contributed by atoms with van der Waals surface area (Å²) < 4.78 is 0.251. The van der Waals surface area contributed by atoms with Gasteiger partial charge in [-0.1, -0.05) is 65.5 Å². The van der Waals surface area contributed by atoms with Crippen molar-refractivity contribution in [1.82, 2.24) is 0 Å². The van der Waals surface area contributed by atoms with Crippen LogP contribution in [-0.2, 0) is 14.4 Å². The minimum absolute atomic E-state index is 0.251. The van der Waals surface area contributed by atoms with E-state index in [-0.39, 0.29) is 24.1 Å². The lowest BCUT2D eigenvalue weighted by Crippen LogP contribution is -2.58. The van der Waals surface area contributed by atoms with Crippen molar-refractivity contribution in [3.05, 3.63) is 12.2 Å². The van der Waals surface area contributed by atoms with Crippen LogP contribution in [0.3, 0.4) is 0 Å². The van der Waals surface area contributed by atoms with Gasteiger partial charge in [-0.2, -0.15) is 0 Å². The Bertz CT molecular complexity index is 588. The Hall–Kier alpha value is -1.89. The molecule has 36 heavy (non-hydrogen) atoms. The SMILES string of the molecule is CCCCC/C=C/CCCCCCC[N+](CC(CC)C(=O)O)(CC(CC)C(=O)O)CC(CC)C(=O)O. The summed E-state index contributed by atoms with van der Waals surface area (Å²) in [5, 5.41) is 29.3. The van der Waals surface area contributed by atoms with Crippen LogP contribution in [0, 0.1) is 17.8 Å². The van der Waals surface area contributed by atoms with Gasteiger partial charge in [-0.25, -0.2) is 0 Å². The van der Waals surface area contributed by atoms with E-state index in [2.05, 4.69) is 19.1 Å². The topological polar surface area (TPSA) is 112 Å². The van der Waals surface area contributed by atoms with Gasteiger partial charge in [0.25, 0.3) is 0 Å². The van der Waals surface area contributed by atoms with Crippen LogP contribution >= 0.6 is 0 Å². The lowest BCUT2D eigenvalue weighted by atomic mass is 9.95. The minimum atomic E-state index is -0.894. The number of aliphatic carboxylic acids is 3. The van der Waals surface area contributed by atoms with E-state index in [1.807, 2.05) is 20.8 Å². The van der Waals surface area contributed by atoms with Crippen molar-refractivity contribution in [1.29, 1.82) is 0 Å². The molecule has 0 aromatic rings. The number of rotatable bonds is 24. The molecule has 7 heteroatoms. The molecule has 0 rings (SSSR count). The van der Waals surface area contributed by atoms with Gasteiger partial charge in [0, 0.05) is 0 Å². The molecule has 0 radical (unpaired) electrons. The Morgan fingerprint density at radius 3 is 1.31 bits per heavy atom. The van der Waals surface area contributed by atoms with Gasteiger partial charge in [0.05, 0.1) is 26.2 Å². The highest BCUT2D eigenvalue weighted by Gasteiger charge is 2.40. The smallest absolute Gasteiger partial charge is 0.312 e. The summed E-state index contributed by atoms with van der Waals surface area (Å²) in [5.74, 6) is -4.54. The van der Waals surface area contributed by atoms with Crippen molar-refractivity contribution >= 4 is 17.9 Å². The molecule has 3 N–H and O–H groups in total. The largest absolute Gasteiger partial charge is 0.481 e. The predicted octanol–water partition coefficient (Wildman–Crippen LogP) is 6.61. The fourth-order valence-corrected chi connectivity index (χ4v) is 5.03. The Balaban J connectivity index is 5.27. The highest BCUT2D eigenvalue weighted by Crippen LogP contribution is 2.25. The van der Waals surface area contributed by atoms with E-state index in [0.29, 0.717) is 25.8 Å². The Labute approximate surface area is 219 Å². The van der Waals surface area contributed by atoms with E-state index in [1.54, 1.807) is 0 Å². The Morgan fingerprint density at radius 1 is 0.583 bits per heavy atom. The van der Waals surface area contributed by atoms with Gasteiger partial charge < -0.3 is 19.8 Å². The molecule has 0 fully saturated rings. The zero-order chi connectivity index (χ0) is 27.4. The molecule has 0 aromatic carbocycles. The molecule has 7 nitrogen and oxygen atoms in total. The van der Waals surface area contributed by atoms with Crippen LogP contribution in [0.2, 0.25) is 0 Å². The van der Waals surface area contributed by atoms with Crippen LogP contribution < -0.4 is 0 Å². The van der Waals surface area contributed by atoms with E-state index in [1.165, 1.54) is 19.3 Å². The highest BCUT2D eigenvalue weighted by atomic mass is 16.4. The van der Waals surface area contributed by atoms with Gasteiger partial charge in [0.15, 0.2) is 0 Å². The van der Waals surface area contributed by atoms with Crippen LogP contribution in [-0.4, -0.2) is 63.9 Å². The number of carbonyl (C=O) groups is 3. The fourth-order valence-electron chi connectivity index (χ4n) is 5.03. The van der Waals surface area contributed by atoms with Crippen molar-refractivity contribution in [2.24, 2.45) is 17.8 Å². The molecule has 0 saturated carbocycles. The van der Waals surface area contributed by atoms with Crippen LogP contribution in [0.25, 0.3) is 0 Å². The van der Waals surface area contributed by atoms with Gasteiger partial charge >= 0.3 is 17.9 Å². The summed E-state index contributed by atoms with van der Waals surface area (Å²) >= 11 is 0. The summed E-state index contributed by atoms with van der Waals surface area (Å²) in [6, 6.07) is 0. The van der Waals surface area contributed by atoms with Crippen molar-refractivity contribution < 1.29 is 34.2 Å². The number of carboxylic acid groups (broad SMARTS) is 3. The van der Waals surface area contributed by atoms with Gasteiger partial charge in [0.2, 0.25) is 0 Å². The quantitative estimate of drug-likeness (QED) is 0.0762. The van der Waals surface area contributed by atoms with Gasteiger partial charge in [-0.3, -0.25) is 14.4 Å². The minimum Gasteiger partial charge on any atom is -0.481 e. The van der Waals surface area contributed by atoms with Crippen molar-refractivity contribution in [2.75, 3.05) is 26.2 Å². The van der Waals surface area contributed by atoms with Crippen molar-refractivity contribution in [3.63, 3.8) is 0 Å². The molecule has 0 aliphatic rings. The average Bonchev–Trinajstić information content (AvgIpc) is 2.84. The zero-order valence-electron chi connectivity index (χ0n) is 23.4. The van der Waals surface area contributed by atoms with Crippen LogP contribution in [0.4, 0.5) is 0 Å². The number of nitrogens with zero attached hydrogens (tertiary/aromatic N) is 1. The molecule has 0 bridgehead atoms. The Kier molecular flexibility index (Phi) is 19.1. The normalized spacial score (nSPS) is 15.9. The number of carboxylic acids is 3. The van der Waals surface area contributed by atoms with Crippen molar-refractivity contribution in [3.8, 4) is 0 Å². The Morgan fingerprint density at radius 2 is 0.944 bits per heavy atom. The molecule has 0 saturated heterocycles. The first-order valence-electron chi connectivity index (χ1n) is 14.3. The molecule has 0 amide bonds. The van der Waals surface area contributed by atoms with Crippen molar-refractivity contribution in [2.45, 2.75) is 111 Å². The zero-order valence-corrected chi connectivity index (χ0v) is 23.4. The molecule has 0 aromatic heterocycles. The molecule has 0 aliphatic heterocycles. The number of unbranched alkanes of at least 4 members (excludes halogenated alkanes) is 8. The maximum absolute atomic E-state index is 11.9. The summed E-state index contributed by atoms with van der Waals surface area (Å²) in [5.41, 5.74) is 0. The monoisotopic (exact) mass is 512 g/mol. The second kappa shape index (κ2) is 20.2. The van der Waals surface area contributed by atoms with Gasteiger partial charge in [-0.05, 0) is 57.8 Å². The number of quaternary nitrogens is 1. The summed E-state index contributed by atoms with van der Waals surface area (Å²) in [6.07, 6.45) is 17.1. The van der Waals surface area contributed by atoms with Crippen LogP contribution in [0.15, 0.2) is 12.2 Å². The number of allylic oxidation sites excluding steroid dienone is 2. The fraction of sp³-hybridized carbons (Fsp3) is 0.828. The first-order chi connectivity index (χ1) is 17.2. The van der Waals surface area contributed by atoms with Gasteiger partial charge in [-0.15, -0.1) is 0 Å². The first kappa shape index (κ1) is 34.1. The third kappa shape index (κ3) is 14.6. The van der Waals surface area contributed by atoms with Gasteiger partial charge in [0.1, 0.15) is 17.8 Å². The van der Waals surface area contributed by atoms with E-state index in [4.69, 9.17) is 0 Å². The lowest BCUT2D eigenvalue weighted by Gasteiger charge is -2.43. The number of hydrogen-bond donors (Lipinski definition) is 3. The second-order valence-corrected chi connectivity index (χ2v) is 10.5. The summed E-state index contributed by atoms with van der Waals surface area (Å²) in [6.45, 7) is 9.16. The molecule has 0 aliphatic carbocycles. The average molecular weight is 513 g/mol. The summed E-state index contributed by atoms with van der Waals surface area (Å²) in [4.78, 5) is 35.7. The van der Waals surface area contributed by atoms with Crippen LogP contribution in [0.1, 0.15) is 111 Å². The number of hydrogen-bond acceptors (Lipinski definition) is 3. The molecular formula is C29H54NO6+. The second-order valence-electron chi connectivity index (χ2n) is 10.5. The molecular weight excluding hydrogens is 458 g/mol. The third-order valence-corrected chi connectivity index (χ3v) is 7.49. The molecule has 0 spiro atoms. The molecule has 210 valence electrons. The molecule has 3 unspecified atom stereocenters. The molecule has 3 atom stereocenters. The van der Waals surface area contributed by atoms with Crippen LogP contribution in [0.5, 0.6) is 0 Å². The van der Waals surface area contributed by atoms with E-state index >= 15 is 0 Å². The van der Waals surface area contributed by atoms with E-state index in [9.17, 15) is 29.7 Å². The predicted molar refractivity (Wildman–Crippen MR) is 145 cm³/mol. The van der Waals surface area contributed by atoms with E-state index < -0.39 is 35.7 Å². The maximum Gasteiger partial charge on any atom is 0.312 e. The standard InChI is InChI=1S/C29H53NO6/c1-5-9-10-11-12-13-14-15-16-17-18-19-20-30(21-24(6-2)27(31)32,22-25(7-3)28(33)34)23-26(8-4)29(35)36/h12-13,24-26H,5-11,14-23H2,1-4H3,(H2-,31,32,33,34,35,36)/p+1/b13-12+.